The molecule has 0 heterocycles. The van der Waals surface area contributed by atoms with Gasteiger partial charge in [-0.05, 0) is 37.8 Å². The van der Waals surface area contributed by atoms with Crippen molar-refractivity contribution in [1.29, 1.82) is 0 Å². The molecule has 0 aliphatic carbocycles. The Morgan fingerprint density at radius 2 is 0.839 bits per heavy atom. The highest BCUT2D eigenvalue weighted by Crippen LogP contribution is 2.20. The molecule has 0 amide bonds. The van der Waals surface area contributed by atoms with Crippen LogP contribution in [0, 0.1) is 0 Å². The number of hydrogen-bond acceptors (Lipinski definition) is 1. The van der Waals surface area contributed by atoms with E-state index in [1.165, 1.54) is 135 Å². The molecule has 1 atom stereocenters. The maximum Gasteiger partial charge on any atom is 0.119 e. The molecule has 180 valence electrons. The summed E-state index contributed by atoms with van der Waals surface area (Å²) in [5.41, 5.74) is 0. The average molecular weight is 431 g/mol. The van der Waals surface area contributed by atoms with Gasteiger partial charge >= 0.3 is 0 Å². The van der Waals surface area contributed by atoms with Gasteiger partial charge in [-0.15, -0.1) is 0 Å². The number of rotatable bonds is 23. The van der Waals surface area contributed by atoms with Gasteiger partial charge in [0.05, 0.1) is 6.10 Å². The Kier molecular flexibility index (Phi) is 20.1. The van der Waals surface area contributed by atoms with Gasteiger partial charge in [0.2, 0.25) is 0 Å². The van der Waals surface area contributed by atoms with Gasteiger partial charge in [-0.2, -0.15) is 0 Å². The van der Waals surface area contributed by atoms with E-state index < -0.39 is 0 Å². The molecule has 0 bridgehead atoms. The SMILES string of the molecule is CCCCCCCCCCCCCCCCC(CCCCCCC)Oc1ccccc1. The first-order valence-corrected chi connectivity index (χ1v) is 14.1. The van der Waals surface area contributed by atoms with Gasteiger partial charge < -0.3 is 4.74 Å². The Hall–Kier alpha value is -0.980. The summed E-state index contributed by atoms with van der Waals surface area (Å²) in [4.78, 5) is 0. The third-order valence-corrected chi connectivity index (χ3v) is 6.56. The standard InChI is InChI=1S/C30H54O/c1-3-5-7-9-10-11-12-13-14-15-16-17-19-22-26-29(25-21-18-8-6-4-2)31-30-27-23-20-24-28-30/h20,23-24,27-29H,3-19,21-22,25-26H2,1-2H3. The van der Waals surface area contributed by atoms with Crippen molar-refractivity contribution in [2.45, 2.75) is 155 Å². The van der Waals surface area contributed by atoms with Crippen molar-refractivity contribution in [2.75, 3.05) is 0 Å². The van der Waals surface area contributed by atoms with Crippen LogP contribution in [0.4, 0.5) is 0 Å². The zero-order valence-corrected chi connectivity index (χ0v) is 21.2. The van der Waals surface area contributed by atoms with E-state index in [0.29, 0.717) is 6.10 Å². The molecular weight excluding hydrogens is 376 g/mol. The first-order valence-electron chi connectivity index (χ1n) is 14.1. The first-order chi connectivity index (χ1) is 15.4. The zero-order valence-electron chi connectivity index (χ0n) is 21.2. The molecule has 1 aromatic carbocycles. The summed E-state index contributed by atoms with van der Waals surface area (Å²) in [6, 6.07) is 10.4. The smallest absolute Gasteiger partial charge is 0.119 e. The Labute approximate surface area is 195 Å². The number of ether oxygens (including phenoxy) is 1. The van der Waals surface area contributed by atoms with Gasteiger partial charge in [-0.1, -0.05) is 141 Å². The first kappa shape index (κ1) is 28.1. The van der Waals surface area contributed by atoms with Gasteiger partial charge in [0.1, 0.15) is 5.75 Å². The van der Waals surface area contributed by atoms with E-state index in [-0.39, 0.29) is 0 Å². The molecule has 1 rings (SSSR count). The van der Waals surface area contributed by atoms with Gasteiger partial charge in [0.15, 0.2) is 0 Å². The lowest BCUT2D eigenvalue weighted by molar-refractivity contribution is 0.172. The molecule has 0 aromatic heterocycles. The Balaban J connectivity index is 2.02. The molecule has 0 N–H and O–H groups in total. The van der Waals surface area contributed by atoms with E-state index in [0.717, 1.165) is 5.75 Å². The maximum atomic E-state index is 6.33. The van der Waals surface area contributed by atoms with Gasteiger partial charge in [-0.3, -0.25) is 0 Å². The highest BCUT2D eigenvalue weighted by molar-refractivity contribution is 5.21. The summed E-state index contributed by atoms with van der Waals surface area (Å²) in [5.74, 6) is 1.05. The van der Waals surface area contributed by atoms with Crippen LogP contribution in [0.3, 0.4) is 0 Å². The second kappa shape index (κ2) is 22.2. The van der Waals surface area contributed by atoms with Crippen LogP contribution in [-0.4, -0.2) is 6.10 Å². The lowest BCUT2D eigenvalue weighted by Crippen LogP contribution is -2.16. The van der Waals surface area contributed by atoms with E-state index in [1.54, 1.807) is 0 Å². The van der Waals surface area contributed by atoms with Crippen LogP contribution in [0.15, 0.2) is 30.3 Å². The van der Waals surface area contributed by atoms with Crippen molar-refractivity contribution in [3.63, 3.8) is 0 Å². The number of para-hydroxylation sites is 1. The lowest BCUT2D eigenvalue weighted by Gasteiger charge is -2.19. The molecule has 1 nitrogen and oxygen atoms in total. The fourth-order valence-electron chi connectivity index (χ4n) is 4.50. The third-order valence-electron chi connectivity index (χ3n) is 6.56. The fraction of sp³-hybridized carbons (Fsp3) is 0.800. The minimum Gasteiger partial charge on any atom is -0.490 e. The van der Waals surface area contributed by atoms with Crippen molar-refractivity contribution >= 4 is 0 Å². The molecule has 0 fully saturated rings. The number of unbranched alkanes of at least 4 members (excludes halogenated alkanes) is 17. The molecule has 0 aliphatic rings. The fourth-order valence-corrected chi connectivity index (χ4v) is 4.50. The normalized spacial score (nSPS) is 12.2. The van der Waals surface area contributed by atoms with Crippen molar-refractivity contribution in [1.82, 2.24) is 0 Å². The van der Waals surface area contributed by atoms with Crippen molar-refractivity contribution in [2.24, 2.45) is 0 Å². The summed E-state index contributed by atoms with van der Waals surface area (Å²) in [6.45, 7) is 4.59. The van der Waals surface area contributed by atoms with Crippen LogP contribution < -0.4 is 4.74 Å². The molecule has 0 spiro atoms. The molecule has 1 heteroatoms. The molecular formula is C30H54O. The Bertz CT molecular complexity index is 455. The third kappa shape index (κ3) is 18.3. The second-order valence-electron chi connectivity index (χ2n) is 9.64. The molecule has 0 radical (unpaired) electrons. The monoisotopic (exact) mass is 430 g/mol. The summed E-state index contributed by atoms with van der Waals surface area (Å²) >= 11 is 0. The van der Waals surface area contributed by atoms with Gasteiger partial charge in [-0.25, -0.2) is 0 Å². The average Bonchev–Trinajstić information content (AvgIpc) is 2.79. The second-order valence-corrected chi connectivity index (χ2v) is 9.64. The summed E-state index contributed by atoms with van der Waals surface area (Å²) in [6.07, 6.45) is 29.6. The minimum absolute atomic E-state index is 0.404. The van der Waals surface area contributed by atoms with Crippen LogP contribution >= 0.6 is 0 Å². The summed E-state index contributed by atoms with van der Waals surface area (Å²) in [5, 5.41) is 0. The molecule has 1 aromatic rings. The Morgan fingerprint density at radius 1 is 0.484 bits per heavy atom. The molecule has 0 saturated heterocycles. The lowest BCUT2D eigenvalue weighted by atomic mass is 10.0. The van der Waals surface area contributed by atoms with E-state index >= 15 is 0 Å². The minimum atomic E-state index is 0.404. The van der Waals surface area contributed by atoms with Crippen LogP contribution in [0.25, 0.3) is 0 Å². The quantitative estimate of drug-likeness (QED) is 0.157. The van der Waals surface area contributed by atoms with Crippen molar-refractivity contribution in [3.05, 3.63) is 30.3 Å². The molecule has 1 unspecified atom stereocenters. The highest BCUT2D eigenvalue weighted by Gasteiger charge is 2.10. The highest BCUT2D eigenvalue weighted by atomic mass is 16.5. The van der Waals surface area contributed by atoms with Crippen LogP contribution in [0.1, 0.15) is 149 Å². The van der Waals surface area contributed by atoms with E-state index in [1.807, 2.05) is 0 Å². The molecule has 31 heavy (non-hydrogen) atoms. The summed E-state index contributed by atoms with van der Waals surface area (Å²) in [7, 11) is 0. The Morgan fingerprint density at radius 3 is 1.23 bits per heavy atom. The predicted octanol–water partition coefficient (Wildman–Crippen LogP) is 10.7. The molecule has 0 saturated carbocycles. The topological polar surface area (TPSA) is 9.23 Å². The van der Waals surface area contributed by atoms with Crippen molar-refractivity contribution < 1.29 is 4.74 Å². The maximum absolute atomic E-state index is 6.33. The van der Waals surface area contributed by atoms with Gasteiger partial charge in [0, 0.05) is 0 Å². The van der Waals surface area contributed by atoms with Crippen LogP contribution in [0.2, 0.25) is 0 Å². The largest absolute Gasteiger partial charge is 0.490 e. The van der Waals surface area contributed by atoms with E-state index in [2.05, 4.69) is 44.2 Å². The molecule has 0 aliphatic heterocycles. The zero-order chi connectivity index (χ0) is 22.2. The number of benzene rings is 1. The van der Waals surface area contributed by atoms with Crippen LogP contribution in [0.5, 0.6) is 5.75 Å². The van der Waals surface area contributed by atoms with Crippen molar-refractivity contribution in [3.8, 4) is 5.75 Å². The number of hydrogen-bond donors (Lipinski definition) is 0. The predicted molar refractivity (Wildman–Crippen MR) is 139 cm³/mol. The van der Waals surface area contributed by atoms with E-state index in [9.17, 15) is 0 Å². The van der Waals surface area contributed by atoms with Crippen LogP contribution in [-0.2, 0) is 0 Å². The van der Waals surface area contributed by atoms with E-state index in [4.69, 9.17) is 4.74 Å². The summed E-state index contributed by atoms with van der Waals surface area (Å²) < 4.78 is 6.33. The van der Waals surface area contributed by atoms with Gasteiger partial charge in [0.25, 0.3) is 0 Å².